The number of nitrogen functional groups attached to an aromatic ring is 1. The van der Waals surface area contributed by atoms with E-state index in [1.165, 1.54) is 18.3 Å². The van der Waals surface area contributed by atoms with Gasteiger partial charge in [-0.1, -0.05) is 15.9 Å². The minimum Gasteiger partial charge on any atom is -0.397 e. The van der Waals surface area contributed by atoms with Gasteiger partial charge in [0.05, 0.1) is 17.4 Å². The van der Waals surface area contributed by atoms with E-state index < -0.39 is 0 Å². The molecule has 6 heteroatoms. The van der Waals surface area contributed by atoms with Crippen LogP contribution in [0.1, 0.15) is 11.1 Å². The van der Waals surface area contributed by atoms with Gasteiger partial charge in [0.15, 0.2) is 0 Å². The largest absolute Gasteiger partial charge is 0.397 e. The summed E-state index contributed by atoms with van der Waals surface area (Å²) in [6, 6.07) is 8.19. The number of nitrogens with zero attached hydrogens (tertiary/aromatic N) is 2. The topological polar surface area (TPSA) is 74.7 Å². The van der Waals surface area contributed by atoms with E-state index in [-0.39, 0.29) is 12.4 Å². The van der Waals surface area contributed by atoms with E-state index in [0.717, 1.165) is 4.47 Å². The first-order chi connectivity index (χ1) is 9.10. The monoisotopic (exact) mass is 320 g/mol. The Kier molecular flexibility index (Phi) is 3.97. The lowest BCUT2D eigenvalue weighted by atomic mass is 10.2. The number of pyridine rings is 1. The molecular formula is C13H10BrFN4. The Bertz CT molecular complexity index is 652. The average Bonchev–Trinajstić information content (AvgIpc) is 2.40. The van der Waals surface area contributed by atoms with Crippen molar-refractivity contribution in [1.29, 1.82) is 5.26 Å². The summed E-state index contributed by atoms with van der Waals surface area (Å²) in [5.41, 5.74) is 6.77. The second kappa shape index (κ2) is 5.67. The van der Waals surface area contributed by atoms with E-state index in [2.05, 4.69) is 26.2 Å². The maximum atomic E-state index is 13.6. The number of hydrogen-bond donors (Lipinski definition) is 2. The van der Waals surface area contributed by atoms with Crippen molar-refractivity contribution in [3.05, 3.63) is 51.9 Å². The molecule has 1 aromatic carbocycles. The summed E-state index contributed by atoms with van der Waals surface area (Å²) >= 11 is 3.28. The molecule has 0 aliphatic carbocycles. The Morgan fingerprint density at radius 1 is 1.42 bits per heavy atom. The van der Waals surface area contributed by atoms with Crippen molar-refractivity contribution in [2.24, 2.45) is 0 Å². The van der Waals surface area contributed by atoms with Crippen LogP contribution in [0.4, 0.5) is 15.9 Å². The van der Waals surface area contributed by atoms with Gasteiger partial charge >= 0.3 is 0 Å². The van der Waals surface area contributed by atoms with Crippen LogP contribution < -0.4 is 11.1 Å². The molecule has 19 heavy (non-hydrogen) atoms. The molecular weight excluding hydrogens is 311 g/mol. The lowest BCUT2D eigenvalue weighted by Crippen LogP contribution is -2.05. The van der Waals surface area contributed by atoms with Crippen LogP contribution in [0, 0.1) is 17.1 Å². The van der Waals surface area contributed by atoms with Crippen molar-refractivity contribution in [3.63, 3.8) is 0 Å². The molecule has 0 spiro atoms. The molecule has 0 aliphatic rings. The summed E-state index contributed by atoms with van der Waals surface area (Å²) in [5, 5.41) is 11.9. The fraction of sp³-hybridized carbons (Fsp3) is 0.0769. The summed E-state index contributed by atoms with van der Waals surface area (Å²) < 4.78 is 14.3. The predicted octanol–water partition coefficient (Wildman–Crippen LogP) is 3.05. The van der Waals surface area contributed by atoms with Gasteiger partial charge in [-0.2, -0.15) is 5.26 Å². The van der Waals surface area contributed by atoms with Crippen molar-refractivity contribution in [1.82, 2.24) is 4.98 Å². The van der Waals surface area contributed by atoms with Gasteiger partial charge in [0.25, 0.3) is 0 Å². The van der Waals surface area contributed by atoms with Gasteiger partial charge in [-0.25, -0.2) is 9.37 Å². The van der Waals surface area contributed by atoms with Crippen molar-refractivity contribution in [3.8, 4) is 6.07 Å². The molecule has 0 saturated carbocycles. The standard InChI is InChI=1S/C13H10BrFN4/c14-10-1-2-12(15)9(3-10)6-18-13-8(5-16)4-11(17)7-19-13/h1-4,7H,6,17H2,(H,18,19). The van der Waals surface area contributed by atoms with Crippen molar-refractivity contribution < 1.29 is 4.39 Å². The summed E-state index contributed by atoms with van der Waals surface area (Å²) in [4.78, 5) is 4.02. The van der Waals surface area contributed by atoms with E-state index in [0.29, 0.717) is 22.6 Å². The van der Waals surface area contributed by atoms with Gasteiger partial charge in [-0.15, -0.1) is 0 Å². The van der Waals surface area contributed by atoms with E-state index in [1.807, 2.05) is 6.07 Å². The highest BCUT2D eigenvalue weighted by Crippen LogP contribution is 2.19. The summed E-state index contributed by atoms with van der Waals surface area (Å²) in [6.45, 7) is 0.233. The molecule has 0 radical (unpaired) electrons. The molecule has 96 valence electrons. The molecule has 2 rings (SSSR count). The second-order valence-electron chi connectivity index (χ2n) is 3.87. The number of hydrogen-bond acceptors (Lipinski definition) is 4. The summed E-state index contributed by atoms with van der Waals surface area (Å²) in [7, 11) is 0. The van der Waals surface area contributed by atoms with Crippen molar-refractivity contribution >= 4 is 27.4 Å². The first kappa shape index (κ1) is 13.3. The van der Waals surface area contributed by atoms with Crippen LogP contribution >= 0.6 is 15.9 Å². The first-order valence-electron chi connectivity index (χ1n) is 5.43. The SMILES string of the molecule is N#Cc1cc(N)cnc1NCc1cc(Br)ccc1F. The van der Waals surface area contributed by atoms with Gasteiger partial charge in [0, 0.05) is 16.6 Å². The minimum absolute atomic E-state index is 0.233. The van der Waals surface area contributed by atoms with Crippen LogP contribution in [0.3, 0.4) is 0 Å². The third-order valence-electron chi connectivity index (χ3n) is 2.48. The van der Waals surface area contributed by atoms with Crippen LogP contribution in [0.5, 0.6) is 0 Å². The maximum Gasteiger partial charge on any atom is 0.144 e. The van der Waals surface area contributed by atoms with Crippen LogP contribution in [0.2, 0.25) is 0 Å². The zero-order valence-electron chi connectivity index (χ0n) is 9.82. The number of aromatic nitrogens is 1. The van der Waals surface area contributed by atoms with Gasteiger partial charge < -0.3 is 11.1 Å². The van der Waals surface area contributed by atoms with E-state index in [1.54, 1.807) is 12.1 Å². The highest BCUT2D eigenvalue weighted by molar-refractivity contribution is 9.10. The number of nitrogens with two attached hydrogens (primary N) is 1. The van der Waals surface area contributed by atoms with E-state index >= 15 is 0 Å². The number of anilines is 2. The number of rotatable bonds is 3. The predicted molar refractivity (Wildman–Crippen MR) is 74.8 cm³/mol. The number of benzene rings is 1. The first-order valence-corrected chi connectivity index (χ1v) is 6.23. The van der Waals surface area contributed by atoms with Crippen molar-refractivity contribution in [2.75, 3.05) is 11.1 Å². The summed E-state index contributed by atoms with van der Waals surface area (Å²) in [6.07, 6.45) is 1.44. The van der Waals surface area contributed by atoms with Gasteiger partial charge in [-0.05, 0) is 24.3 Å². The average molecular weight is 321 g/mol. The molecule has 0 fully saturated rings. The zero-order valence-corrected chi connectivity index (χ0v) is 11.4. The molecule has 1 heterocycles. The Morgan fingerprint density at radius 2 is 2.21 bits per heavy atom. The molecule has 3 N–H and O–H groups in total. The van der Waals surface area contributed by atoms with Crippen molar-refractivity contribution in [2.45, 2.75) is 6.54 Å². The normalized spacial score (nSPS) is 9.95. The lowest BCUT2D eigenvalue weighted by Gasteiger charge is -2.09. The Morgan fingerprint density at radius 3 is 2.95 bits per heavy atom. The molecule has 0 amide bonds. The third-order valence-corrected chi connectivity index (χ3v) is 2.98. The number of nitrogens with one attached hydrogen (secondary N) is 1. The molecule has 0 saturated heterocycles. The van der Waals surface area contributed by atoms with E-state index in [9.17, 15) is 4.39 Å². The van der Waals surface area contributed by atoms with Crippen LogP contribution in [-0.2, 0) is 6.54 Å². The van der Waals surface area contributed by atoms with Crippen LogP contribution in [0.25, 0.3) is 0 Å². The number of nitriles is 1. The van der Waals surface area contributed by atoms with E-state index in [4.69, 9.17) is 11.0 Å². The highest BCUT2D eigenvalue weighted by atomic mass is 79.9. The zero-order chi connectivity index (χ0) is 13.8. The Hall–Kier alpha value is -2.13. The third kappa shape index (κ3) is 3.20. The molecule has 0 unspecified atom stereocenters. The van der Waals surface area contributed by atoms with Crippen LogP contribution in [0.15, 0.2) is 34.9 Å². The van der Waals surface area contributed by atoms with Gasteiger partial charge in [-0.3, -0.25) is 0 Å². The number of halogens is 2. The maximum absolute atomic E-state index is 13.6. The summed E-state index contributed by atoms with van der Waals surface area (Å²) in [5.74, 6) is 0.0701. The van der Waals surface area contributed by atoms with Gasteiger partial charge in [0.2, 0.25) is 0 Å². The Balaban J connectivity index is 2.19. The highest BCUT2D eigenvalue weighted by Gasteiger charge is 2.07. The molecule has 4 nitrogen and oxygen atoms in total. The Labute approximate surface area is 118 Å². The molecule has 0 atom stereocenters. The molecule has 0 bridgehead atoms. The van der Waals surface area contributed by atoms with Gasteiger partial charge in [0.1, 0.15) is 17.7 Å². The minimum atomic E-state index is -0.315. The fourth-order valence-electron chi connectivity index (χ4n) is 1.56. The molecule has 0 aliphatic heterocycles. The smallest absolute Gasteiger partial charge is 0.144 e. The second-order valence-corrected chi connectivity index (χ2v) is 4.78. The lowest BCUT2D eigenvalue weighted by molar-refractivity contribution is 0.612. The quantitative estimate of drug-likeness (QED) is 0.911. The molecule has 1 aromatic heterocycles. The van der Waals surface area contributed by atoms with Crippen LogP contribution in [-0.4, -0.2) is 4.98 Å². The fourth-order valence-corrected chi connectivity index (χ4v) is 1.97. The molecule has 2 aromatic rings.